The second-order valence-corrected chi connectivity index (χ2v) is 6.85. The summed E-state index contributed by atoms with van der Waals surface area (Å²) >= 11 is 7.54. The van der Waals surface area contributed by atoms with E-state index in [2.05, 4.69) is 17.4 Å². The van der Waals surface area contributed by atoms with Crippen LogP contribution in [0.3, 0.4) is 0 Å². The zero-order valence-corrected chi connectivity index (χ0v) is 15.3. The van der Waals surface area contributed by atoms with Crippen molar-refractivity contribution in [1.29, 1.82) is 0 Å². The molecular formula is C19H22ClNO2S. The first-order chi connectivity index (χ1) is 11.7. The summed E-state index contributed by atoms with van der Waals surface area (Å²) in [5.41, 5.74) is 2.39. The molecule has 5 heteroatoms. The van der Waals surface area contributed by atoms with E-state index in [4.69, 9.17) is 16.3 Å². The maximum absolute atomic E-state index is 11.8. The molecule has 0 aliphatic carbocycles. The van der Waals surface area contributed by atoms with Crippen molar-refractivity contribution in [3.8, 4) is 5.75 Å². The molecule has 0 spiro atoms. The Balaban J connectivity index is 1.57. The van der Waals surface area contributed by atoms with E-state index in [1.807, 2.05) is 36.4 Å². The van der Waals surface area contributed by atoms with Gasteiger partial charge in [0.25, 0.3) is 0 Å². The van der Waals surface area contributed by atoms with Gasteiger partial charge in [-0.2, -0.15) is 0 Å². The molecular weight excluding hydrogens is 342 g/mol. The molecule has 0 fully saturated rings. The third-order valence-corrected chi connectivity index (χ3v) is 4.75. The topological polar surface area (TPSA) is 38.3 Å². The first kappa shape index (κ1) is 18.7. The summed E-state index contributed by atoms with van der Waals surface area (Å²) < 4.78 is 5.14. The van der Waals surface area contributed by atoms with E-state index in [0.717, 1.165) is 34.9 Å². The zero-order valence-electron chi connectivity index (χ0n) is 13.8. The van der Waals surface area contributed by atoms with Gasteiger partial charge in [-0.3, -0.25) is 4.79 Å². The molecule has 2 rings (SSSR count). The SMILES string of the molecule is COc1ccc(CCCNC(=O)CSCc2cccc(Cl)c2)cc1. The number of thioether (sulfide) groups is 1. The van der Waals surface area contributed by atoms with Crippen molar-refractivity contribution in [3.05, 3.63) is 64.7 Å². The second-order valence-electron chi connectivity index (χ2n) is 5.42. The average molecular weight is 364 g/mol. The number of hydrogen-bond donors (Lipinski definition) is 1. The van der Waals surface area contributed by atoms with Crippen molar-refractivity contribution in [3.63, 3.8) is 0 Å². The Morgan fingerprint density at radius 1 is 1.17 bits per heavy atom. The number of ether oxygens (including phenoxy) is 1. The van der Waals surface area contributed by atoms with E-state index in [0.29, 0.717) is 12.3 Å². The van der Waals surface area contributed by atoms with Gasteiger partial charge in [0.05, 0.1) is 12.9 Å². The van der Waals surface area contributed by atoms with Crippen LogP contribution in [0.4, 0.5) is 0 Å². The molecule has 1 N–H and O–H groups in total. The van der Waals surface area contributed by atoms with Crippen molar-refractivity contribution >= 4 is 29.3 Å². The number of hydrogen-bond acceptors (Lipinski definition) is 3. The molecule has 0 radical (unpaired) electrons. The lowest BCUT2D eigenvalue weighted by Crippen LogP contribution is -2.26. The lowest BCUT2D eigenvalue weighted by atomic mass is 10.1. The zero-order chi connectivity index (χ0) is 17.2. The largest absolute Gasteiger partial charge is 0.497 e. The van der Waals surface area contributed by atoms with Gasteiger partial charge >= 0.3 is 0 Å². The van der Waals surface area contributed by atoms with E-state index in [-0.39, 0.29) is 5.91 Å². The van der Waals surface area contributed by atoms with Gasteiger partial charge in [-0.25, -0.2) is 0 Å². The van der Waals surface area contributed by atoms with Crippen LogP contribution in [0.1, 0.15) is 17.5 Å². The molecule has 0 bridgehead atoms. The van der Waals surface area contributed by atoms with E-state index in [1.54, 1.807) is 18.9 Å². The first-order valence-corrected chi connectivity index (χ1v) is 9.42. The van der Waals surface area contributed by atoms with E-state index in [1.165, 1.54) is 5.56 Å². The number of rotatable bonds is 9. The van der Waals surface area contributed by atoms with Crippen molar-refractivity contribution in [2.75, 3.05) is 19.4 Å². The van der Waals surface area contributed by atoms with Gasteiger partial charge in [0.2, 0.25) is 5.91 Å². The number of aryl methyl sites for hydroxylation is 1. The normalized spacial score (nSPS) is 10.4. The smallest absolute Gasteiger partial charge is 0.230 e. The highest BCUT2D eigenvalue weighted by Crippen LogP contribution is 2.16. The van der Waals surface area contributed by atoms with Crippen LogP contribution in [-0.2, 0) is 17.0 Å². The Kier molecular flexibility index (Phi) is 7.99. The minimum absolute atomic E-state index is 0.0803. The molecule has 0 aromatic heterocycles. The molecule has 2 aromatic carbocycles. The molecule has 3 nitrogen and oxygen atoms in total. The fourth-order valence-corrected chi connectivity index (χ4v) is 3.27. The third-order valence-electron chi connectivity index (χ3n) is 3.51. The summed E-state index contributed by atoms with van der Waals surface area (Å²) in [4.78, 5) is 11.8. The molecule has 0 aliphatic heterocycles. The Morgan fingerprint density at radius 3 is 2.67 bits per heavy atom. The third kappa shape index (κ3) is 6.85. The maximum atomic E-state index is 11.8. The molecule has 0 aliphatic rings. The molecule has 24 heavy (non-hydrogen) atoms. The van der Waals surface area contributed by atoms with E-state index < -0.39 is 0 Å². The monoisotopic (exact) mass is 363 g/mol. The van der Waals surface area contributed by atoms with Gasteiger partial charge in [-0.05, 0) is 48.2 Å². The Morgan fingerprint density at radius 2 is 1.96 bits per heavy atom. The molecule has 0 saturated heterocycles. The molecule has 0 heterocycles. The predicted octanol–water partition coefficient (Wildman–Crippen LogP) is 4.33. The van der Waals surface area contributed by atoms with Crippen LogP contribution in [0.2, 0.25) is 5.02 Å². The van der Waals surface area contributed by atoms with E-state index in [9.17, 15) is 4.79 Å². The summed E-state index contributed by atoms with van der Waals surface area (Å²) in [6.45, 7) is 0.697. The Bertz CT molecular complexity index is 646. The summed E-state index contributed by atoms with van der Waals surface area (Å²) in [6.07, 6.45) is 1.87. The van der Waals surface area contributed by atoms with Gasteiger partial charge in [-0.1, -0.05) is 35.9 Å². The summed E-state index contributed by atoms with van der Waals surface area (Å²) in [7, 11) is 1.66. The number of halogens is 1. The van der Waals surface area contributed by atoms with Crippen molar-refractivity contribution in [2.45, 2.75) is 18.6 Å². The van der Waals surface area contributed by atoms with Crippen LogP contribution in [0, 0.1) is 0 Å². The lowest BCUT2D eigenvalue weighted by molar-refractivity contribution is -0.118. The van der Waals surface area contributed by atoms with Crippen LogP contribution >= 0.6 is 23.4 Å². The molecule has 0 saturated carbocycles. The minimum Gasteiger partial charge on any atom is -0.497 e. The molecule has 0 unspecified atom stereocenters. The highest BCUT2D eigenvalue weighted by Gasteiger charge is 2.02. The molecule has 0 atom stereocenters. The number of carbonyl (C=O) groups excluding carboxylic acids is 1. The van der Waals surface area contributed by atoms with Crippen LogP contribution in [0.15, 0.2) is 48.5 Å². The fraction of sp³-hybridized carbons (Fsp3) is 0.316. The molecule has 128 valence electrons. The maximum Gasteiger partial charge on any atom is 0.230 e. The first-order valence-electron chi connectivity index (χ1n) is 7.89. The number of amides is 1. The van der Waals surface area contributed by atoms with Crippen molar-refractivity contribution in [2.24, 2.45) is 0 Å². The van der Waals surface area contributed by atoms with Gasteiger partial charge in [0.1, 0.15) is 5.75 Å². The van der Waals surface area contributed by atoms with Crippen LogP contribution < -0.4 is 10.1 Å². The highest BCUT2D eigenvalue weighted by molar-refractivity contribution is 7.99. The second kappa shape index (κ2) is 10.3. The predicted molar refractivity (Wildman–Crippen MR) is 102 cm³/mol. The highest BCUT2D eigenvalue weighted by atomic mass is 35.5. The van der Waals surface area contributed by atoms with Crippen LogP contribution in [0.25, 0.3) is 0 Å². The number of methoxy groups -OCH3 is 1. The number of carbonyl (C=O) groups is 1. The fourth-order valence-electron chi connectivity index (χ4n) is 2.25. The summed E-state index contributed by atoms with van der Waals surface area (Å²) in [6, 6.07) is 15.8. The number of benzene rings is 2. The van der Waals surface area contributed by atoms with Gasteiger partial charge in [0.15, 0.2) is 0 Å². The Labute approximate surface area is 152 Å². The molecule has 2 aromatic rings. The average Bonchev–Trinajstić information content (AvgIpc) is 2.59. The lowest BCUT2D eigenvalue weighted by Gasteiger charge is -2.06. The van der Waals surface area contributed by atoms with Crippen LogP contribution in [-0.4, -0.2) is 25.3 Å². The number of nitrogens with one attached hydrogen (secondary N) is 1. The van der Waals surface area contributed by atoms with Gasteiger partial charge < -0.3 is 10.1 Å². The van der Waals surface area contributed by atoms with Crippen molar-refractivity contribution in [1.82, 2.24) is 5.32 Å². The molecule has 1 amide bonds. The quantitative estimate of drug-likeness (QED) is 0.674. The Hall–Kier alpha value is -1.65. The minimum atomic E-state index is 0.0803. The van der Waals surface area contributed by atoms with E-state index >= 15 is 0 Å². The van der Waals surface area contributed by atoms with Gasteiger partial charge in [0, 0.05) is 17.3 Å². The van der Waals surface area contributed by atoms with Crippen molar-refractivity contribution < 1.29 is 9.53 Å². The van der Waals surface area contributed by atoms with Gasteiger partial charge in [-0.15, -0.1) is 11.8 Å². The van der Waals surface area contributed by atoms with Crippen LogP contribution in [0.5, 0.6) is 5.75 Å². The summed E-state index contributed by atoms with van der Waals surface area (Å²) in [5.74, 6) is 2.20. The summed E-state index contributed by atoms with van der Waals surface area (Å²) in [5, 5.41) is 3.70. The standard InChI is InChI=1S/C19H22ClNO2S/c1-23-18-9-7-15(8-10-18)5-3-11-21-19(22)14-24-13-16-4-2-6-17(20)12-16/h2,4,6-10,12H,3,5,11,13-14H2,1H3,(H,21,22).